The molecule has 0 fully saturated rings. The van der Waals surface area contributed by atoms with Crippen LogP contribution in [0, 0.1) is 0 Å². The first kappa shape index (κ1) is 14.3. The number of hydrogen-bond donors (Lipinski definition) is 0. The van der Waals surface area contributed by atoms with Gasteiger partial charge in [0.15, 0.2) is 11.5 Å². The molecule has 1 aliphatic heterocycles. The molecule has 0 saturated heterocycles. The minimum Gasteiger partial charge on any atom is -0.457 e. The smallest absolute Gasteiger partial charge is 0.457 e. The van der Waals surface area contributed by atoms with Crippen molar-refractivity contribution in [2.45, 2.75) is 12.9 Å². The molecule has 8 nitrogen and oxygen atoms in total. The molecule has 24 heavy (non-hydrogen) atoms. The fourth-order valence-electron chi connectivity index (χ4n) is 2.07. The molecule has 0 N–H and O–H groups in total. The molecule has 0 unspecified atom stereocenters. The molecule has 3 heterocycles. The SMILES string of the molecule is FC1(F)Oc2ccc(-n3cc(COc4ncccn4)nn3)cc2O1. The van der Waals surface area contributed by atoms with Crippen molar-refractivity contribution in [1.29, 1.82) is 0 Å². The van der Waals surface area contributed by atoms with Crippen molar-refractivity contribution in [3.63, 3.8) is 0 Å². The third-order valence-corrected chi connectivity index (χ3v) is 3.08. The average Bonchev–Trinajstić information content (AvgIpc) is 3.15. The predicted octanol–water partition coefficient (Wildman–Crippen LogP) is 1.96. The maximum atomic E-state index is 13.0. The second-order valence-electron chi connectivity index (χ2n) is 4.77. The number of aromatic nitrogens is 5. The Hall–Kier alpha value is -3.30. The monoisotopic (exact) mass is 333 g/mol. The van der Waals surface area contributed by atoms with Gasteiger partial charge in [0.1, 0.15) is 12.3 Å². The van der Waals surface area contributed by atoms with Crippen molar-refractivity contribution in [1.82, 2.24) is 25.0 Å². The van der Waals surface area contributed by atoms with Gasteiger partial charge in [0, 0.05) is 18.5 Å². The molecular weight excluding hydrogens is 324 g/mol. The topological polar surface area (TPSA) is 84.2 Å². The van der Waals surface area contributed by atoms with Crippen LogP contribution in [-0.4, -0.2) is 31.3 Å². The molecule has 2 aromatic heterocycles. The van der Waals surface area contributed by atoms with Crippen LogP contribution in [-0.2, 0) is 6.61 Å². The van der Waals surface area contributed by atoms with Crippen LogP contribution in [0.3, 0.4) is 0 Å². The van der Waals surface area contributed by atoms with Gasteiger partial charge in [-0.1, -0.05) is 5.21 Å². The Labute approximate surface area is 133 Å². The van der Waals surface area contributed by atoms with E-state index < -0.39 is 6.29 Å². The minimum absolute atomic E-state index is 0.0337. The van der Waals surface area contributed by atoms with E-state index in [4.69, 9.17) is 4.74 Å². The van der Waals surface area contributed by atoms with E-state index in [-0.39, 0.29) is 24.1 Å². The number of benzene rings is 1. The first-order valence-corrected chi connectivity index (χ1v) is 6.80. The maximum Gasteiger partial charge on any atom is 0.586 e. The van der Waals surface area contributed by atoms with E-state index in [1.54, 1.807) is 30.7 Å². The lowest BCUT2D eigenvalue weighted by Gasteiger charge is -2.04. The number of alkyl halides is 2. The van der Waals surface area contributed by atoms with Crippen LogP contribution in [0.15, 0.2) is 42.9 Å². The summed E-state index contributed by atoms with van der Waals surface area (Å²) < 4.78 is 41.6. The molecule has 10 heteroatoms. The van der Waals surface area contributed by atoms with Crippen LogP contribution >= 0.6 is 0 Å². The van der Waals surface area contributed by atoms with Gasteiger partial charge in [-0.15, -0.1) is 13.9 Å². The fourth-order valence-corrected chi connectivity index (χ4v) is 2.07. The van der Waals surface area contributed by atoms with Gasteiger partial charge in [-0.05, 0) is 18.2 Å². The van der Waals surface area contributed by atoms with Gasteiger partial charge in [0.25, 0.3) is 0 Å². The van der Waals surface area contributed by atoms with Crippen LogP contribution in [0.5, 0.6) is 17.5 Å². The van der Waals surface area contributed by atoms with Crippen LogP contribution in [0.2, 0.25) is 0 Å². The van der Waals surface area contributed by atoms with E-state index in [1.807, 2.05) is 0 Å². The predicted molar refractivity (Wildman–Crippen MR) is 73.9 cm³/mol. The zero-order valence-corrected chi connectivity index (χ0v) is 12.0. The van der Waals surface area contributed by atoms with Gasteiger partial charge < -0.3 is 14.2 Å². The lowest BCUT2D eigenvalue weighted by Crippen LogP contribution is -2.25. The number of nitrogens with zero attached hydrogens (tertiary/aromatic N) is 5. The molecule has 1 aliphatic rings. The highest BCUT2D eigenvalue weighted by Gasteiger charge is 2.43. The molecule has 0 bridgehead atoms. The van der Waals surface area contributed by atoms with Crippen LogP contribution in [0.1, 0.15) is 5.69 Å². The normalized spacial score (nSPS) is 14.6. The summed E-state index contributed by atoms with van der Waals surface area (Å²) in [5.74, 6) is -0.0999. The number of rotatable bonds is 4. The van der Waals surface area contributed by atoms with E-state index >= 15 is 0 Å². The molecule has 0 aliphatic carbocycles. The summed E-state index contributed by atoms with van der Waals surface area (Å²) in [6.45, 7) is 0.118. The Bertz CT molecular complexity index is 872. The fraction of sp³-hybridized carbons (Fsp3) is 0.143. The lowest BCUT2D eigenvalue weighted by atomic mass is 10.3. The molecule has 1 aromatic carbocycles. The van der Waals surface area contributed by atoms with Crippen molar-refractivity contribution in [3.05, 3.63) is 48.5 Å². The lowest BCUT2D eigenvalue weighted by molar-refractivity contribution is -0.286. The summed E-state index contributed by atoms with van der Waals surface area (Å²) in [5, 5.41) is 7.86. The molecule has 122 valence electrons. The van der Waals surface area contributed by atoms with E-state index in [9.17, 15) is 8.78 Å². The maximum absolute atomic E-state index is 13.0. The Morgan fingerprint density at radius 1 is 1.12 bits per heavy atom. The number of fused-ring (bicyclic) bond motifs is 1. The standard InChI is InChI=1S/C14H9F2N5O3/c15-14(16)23-11-3-2-10(6-12(11)24-14)21-7-9(19-20-21)8-22-13-17-4-1-5-18-13/h1-7H,8H2. The van der Waals surface area contributed by atoms with Gasteiger partial charge in [0.05, 0.1) is 11.9 Å². The molecule has 4 rings (SSSR count). The van der Waals surface area contributed by atoms with Crippen molar-refractivity contribution in [3.8, 4) is 23.2 Å². The van der Waals surface area contributed by atoms with E-state index in [1.165, 1.54) is 16.8 Å². The summed E-state index contributed by atoms with van der Waals surface area (Å²) in [7, 11) is 0. The largest absolute Gasteiger partial charge is 0.586 e. The Morgan fingerprint density at radius 3 is 2.75 bits per heavy atom. The van der Waals surface area contributed by atoms with Crippen LogP contribution in [0.4, 0.5) is 8.78 Å². The summed E-state index contributed by atoms with van der Waals surface area (Å²) >= 11 is 0. The number of halogens is 2. The Kier molecular flexibility index (Phi) is 3.22. The molecule has 0 amide bonds. The van der Waals surface area contributed by atoms with Crippen molar-refractivity contribution >= 4 is 0 Å². The average molecular weight is 333 g/mol. The van der Waals surface area contributed by atoms with Gasteiger partial charge >= 0.3 is 12.3 Å². The molecule has 0 spiro atoms. The quantitative estimate of drug-likeness (QED) is 0.721. The number of ether oxygens (including phenoxy) is 3. The zero-order chi connectivity index (χ0) is 16.6. The van der Waals surface area contributed by atoms with E-state index in [0.717, 1.165) is 0 Å². The zero-order valence-electron chi connectivity index (χ0n) is 12.0. The third kappa shape index (κ3) is 2.81. The summed E-state index contributed by atoms with van der Waals surface area (Å²) in [6, 6.07) is 6.21. The molecule has 0 atom stereocenters. The van der Waals surface area contributed by atoms with Crippen molar-refractivity contribution in [2.75, 3.05) is 0 Å². The minimum atomic E-state index is -3.65. The highest BCUT2D eigenvalue weighted by molar-refractivity contribution is 5.50. The van der Waals surface area contributed by atoms with Crippen molar-refractivity contribution < 1.29 is 23.0 Å². The highest BCUT2D eigenvalue weighted by Crippen LogP contribution is 2.41. The van der Waals surface area contributed by atoms with E-state index in [0.29, 0.717) is 11.4 Å². The second kappa shape index (κ2) is 5.41. The Morgan fingerprint density at radius 2 is 1.92 bits per heavy atom. The third-order valence-electron chi connectivity index (χ3n) is 3.08. The molecule has 0 saturated carbocycles. The van der Waals surface area contributed by atoms with Crippen LogP contribution in [0.25, 0.3) is 5.69 Å². The molecule has 0 radical (unpaired) electrons. The number of hydrogen-bond acceptors (Lipinski definition) is 7. The summed E-state index contributed by atoms with van der Waals surface area (Å²) in [5.41, 5.74) is 1.01. The summed E-state index contributed by atoms with van der Waals surface area (Å²) in [4.78, 5) is 7.84. The van der Waals surface area contributed by atoms with Crippen LogP contribution < -0.4 is 14.2 Å². The molecule has 3 aromatic rings. The van der Waals surface area contributed by atoms with Gasteiger partial charge in [0.2, 0.25) is 0 Å². The van der Waals surface area contributed by atoms with Crippen molar-refractivity contribution in [2.24, 2.45) is 0 Å². The first-order chi connectivity index (χ1) is 11.6. The van der Waals surface area contributed by atoms with E-state index in [2.05, 4.69) is 29.8 Å². The van der Waals surface area contributed by atoms with Gasteiger partial charge in [-0.25, -0.2) is 14.6 Å². The summed E-state index contributed by atoms with van der Waals surface area (Å²) in [6.07, 6.45) is 1.06. The highest BCUT2D eigenvalue weighted by atomic mass is 19.3. The molecular formula is C14H9F2N5O3. The second-order valence-corrected chi connectivity index (χ2v) is 4.77. The van der Waals surface area contributed by atoms with Gasteiger partial charge in [-0.3, -0.25) is 0 Å². The Balaban J connectivity index is 1.49. The van der Waals surface area contributed by atoms with Gasteiger partial charge in [-0.2, -0.15) is 0 Å². The first-order valence-electron chi connectivity index (χ1n) is 6.80.